The topological polar surface area (TPSA) is 84.5 Å². The van der Waals surface area contributed by atoms with E-state index in [9.17, 15) is 9.59 Å². The van der Waals surface area contributed by atoms with E-state index in [1.165, 1.54) is 5.56 Å². The third-order valence-electron chi connectivity index (χ3n) is 6.54. The fourth-order valence-electron chi connectivity index (χ4n) is 4.57. The van der Waals surface area contributed by atoms with Crippen LogP contribution in [-0.4, -0.2) is 62.7 Å². The van der Waals surface area contributed by atoms with Crippen LogP contribution in [-0.2, 0) is 19.9 Å². The maximum absolute atomic E-state index is 13.2. The molecule has 1 aromatic carbocycles. The van der Waals surface area contributed by atoms with E-state index in [1.807, 2.05) is 49.0 Å². The summed E-state index contributed by atoms with van der Waals surface area (Å²) in [4.78, 5) is 29.7. The second kappa shape index (κ2) is 10.0. The Kier molecular flexibility index (Phi) is 6.91. The minimum absolute atomic E-state index is 0.0119. The largest absolute Gasteiger partial charge is 0.361 e. The van der Waals surface area contributed by atoms with E-state index in [-0.39, 0.29) is 23.8 Å². The highest BCUT2D eigenvalue weighted by Gasteiger charge is 2.34. The van der Waals surface area contributed by atoms with Gasteiger partial charge in [0.15, 0.2) is 5.69 Å². The Hall–Kier alpha value is -3.42. The average Bonchev–Trinajstić information content (AvgIpc) is 3.51. The van der Waals surface area contributed by atoms with Gasteiger partial charge in [0.25, 0.3) is 11.8 Å². The number of nitrogens with zero attached hydrogens (tertiary/aromatic N) is 5. The molecule has 1 aliphatic rings. The minimum Gasteiger partial charge on any atom is -0.361 e. The van der Waals surface area contributed by atoms with Crippen LogP contribution in [0.2, 0.25) is 0 Å². The van der Waals surface area contributed by atoms with E-state index in [4.69, 9.17) is 4.52 Å². The Morgan fingerprint density at radius 3 is 2.48 bits per heavy atom. The highest BCUT2D eigenvalue weighted by atomic mass is 16.5. The fourth-order valence-corrected chi connectivity index (χ4v) is 4.57. The number of amides is 2. The summed E-state index contributed by atoms with van der Waals surface area (Å²) in [5, 5.41) is 8.23. The van der Waals surface area contributed by atoms with Gasteiger partial charge in [-0.25, -0.2) is 0 Å². The van der Waals surface area contributed by atoms with Crippen molar-refractivity contribution < 1.29 is 14.1 Å². The van der Waals surface area contributed by atoms with Gasteiger partial charge in [0, 0.05) is 51.9 Å². The second-order valence-electron chi connectivity index (χ2n) is 8.71. The van der Waals surface area contributed by atoms with Gasteiger partial charge < -0.3 is 14.3 Å². The zero-order valence-electron chi connectivity index (χ0n) is 19.5. The lowest BCUT2D eigenvalue weighted by molar-refractivity contribution is 0.0514. The lowest BCUT2D eigenvalue weighted by Crippen LogP contribution is -2.48. The SMILES string of the molecule is CCc1cc(C(=O)N2CCC(C(Cc3ccccc3)N(C)C(=O)c3ccn(C)n3)CC2)no1. The summed E-state index contributed by atoms with van der Waals surface area (Å²) in [6.45, 7) is 3.24. The molecule has 3 aromatic rings. The van der Waals surface area contributed by atoms with Crippen LogP contribution in [0, 0.1) is 5.92 Å². The Morgan fingerprint density at radius 1 is 1.15 bits per heavy atom. The molecular formula is C25H31N5O3. The second-order valence-corrected chi connectivity index (χ2v) is 8.71. The van der Waals surface area contributed by atoms with Crippen molar-refractivity contribution in [2.45, 2.75) is 38.6 Å². The quantitative estimate of drug-likeness (QED) is 0.553. The third kappa shape index (κ3) is 5.16. The van der Waals surface area contributed by atoms with Crippen LogP contribution < -0.4 is 0 Å². The number of likely N-dealkylation sites (tertiary alicyclic amines) is 1. The van der Waals surface area contributed by atoms with Crippen molar-refractivity contribution in [2.75, 3.05) is 20.1 Å². The summed E-state index contributed by atoms with van der Waals surface area (Å²) in [7, 11) is 3.67. The van der Waals surface area contributed by atoms with Gasteiger partial charge in [-0.15, -0.1) is 0 Å². The van der Waals surface area contributed by atoms with Crippen molar-refractivity contribution in [1.82, 2.24) is 24.7 Å². The molecular weight excluding hydrogens is 418 g/mol. The summed E-state index contributed by atoms with van der Waals surface area (Å²) >= 11 is 0. The smallest absolute Gasteiger partial charge is 0.276 e. The Balaban J connectivity index is 1.47. The summed E-state index contributed by atoms with van der Waals surface area (Å²) in [6.07, 6.45) is 4.90. The molecule has 0 bridgehead atoms. The van der Waals surface area contributed by atoms with Gasteiger partial charge in [-0.2, -0.15) is 5.10 Å². The van der Waals surface area contributed by atoms with Crippen molar-refractivity contribution in [2.24, 2.45) is 13.0 Å². The number of aromatic nitrogens is 3. The van der Waals surface area contributed by atoms with Crippen LogP contribution in [0.3, 0.4) is 0 Å². The van der Waals surface area contributed by atoms with Crippen LogP contribution in [0.25, 0.3) is 0 Å². The van der Waals surface area contributed by atoms with Gasteiger partial charge in [0.1, 0.15) is 11.5 Å². The number of hydrogen-bond acceptors (Lipinski definition) is 5. The van der Waals surface area contributed by atoms with Crippen molar-refractivity contribution in [1.29, 1.82) is 0 Å². The van der Waals surface area contributed by atoms with E-state index in [0.717, 1.165) is 19.3 Å². The molecule has 8 heteroatoms. The summed E-state index contributed by atoms with van der Waals surface area (Å²) < 4.78 is 6.85. The molecule has 1 aliphatic heterocycles. The van der Waals surface area contributed by atoms with Crippen molar-refractivity contribution in [3.63, 3.8) is 0 Å². The molecule has 33 heavy (non-hydrogen) atoms. The van der Waals surface area contributed by atoms with E-state index in [2.05, 4.69) is 22.4 Å². The molecule has 8 nitrogen and oxygen atoms in total. The summed E-state index contributed by atoms with van der Waals surface area (Å²) in [5.74, 6) is 0.820. The molecule has 0 N–H and O–H groups in total. The molecule has 2 amide bonds. The number of hydrogen-bond donors (Lipinski definition) is 0. The molecule has 1 atom stereocenters. The number of piperidine rings is 1. The maximum atomic E-state index is 13.2. The summed E-state index contributed by atoms with van der Waals surface area (Å²) in [6, 6.07) is 13.7. The predicted octanol–water partition coefficient (Wildman–Crippen LogP) is 3.21. The van der Waals surface area contributed by atoms with Crippen LogP contribution in [0.1, 0.15) is 52.1 Å². The monoisotopic (exact) mass is 449 g/mol. The summed E-state index contributed by atoms with van der Waals surface area (Å²) in [5.41, 5.74) is 2.01. The number of benzene rings is 1. The zero-order chi connectivity index (χ0) is 23.4. The van der Waals surface area contributed by atoms with Gasteiger partial charge in [-0.1, -0.05) is 42.4 Å². The Labute approximate surface area is 194 Å². The maximum Gasteiger partial charge on any atom is 0.276 e. The lowest BCUT2D eigenvalue weighted by atomic mass is 9.84. The number of rotatable bonds is 7. The lowest BCUT2D eigenvalue weighted by Gasteiger charge is -2.39. The highest BCUT2D eigenvalue weighted by molar-refractivity contribution is 5.93. The zero-order valence-corrected chi connectivity index (χ0v) is 19.5. The first-order valence-electron chi connectivity index (χ1n) is 11.5. The molecule has 0 radical (unpaired) electrons. The normalized spacial score (nSPS) is 15.4. The molecule has 3 heterocycles. The predicted molar refractivity (Wildman–Crippen MR) is 124 cm³/mol. The van der Waals surface area contributed by atoms with Crippen LogP contribution in [0.4, 0.5) is 0 Å². The average molecular weight is 450 g/mol. The molecule has 2 aromatic heterocycles. The molecule has 0 spiro atoms. The molecule has 0 saturated carbocycles. The van der Waals surface area contributed by atoms with Gasteiger partial charge in [-0.05, 0) is 36.8 Å². The minimum atomic E-state index is -0.0885. The van der Waals surface area contributed by atoms with Crippen molar-refractivity contribution >= 4 is 11.8 Å². The Bertz CT molecular complexity index is 1080. The first-order chi connectivity index (χ1) is 16.0. The van der Waals surface area contributed by atoms with Gasteiger partial charge in [0.2, 0.25) is 0 Å². The number of likely N-dealkylation sites (N-methyl/N-ethyl adjacent to an activating group) is 1. The molecule has 1 unspecified atom stereocenters. The van der Waals surface area contributed by atoms with E-state index in [0.29, 0.717) is 36.7 Å². The third-order valence-corrected chi connectivity index (χ3v) is 6.54. The first-order valence-corrected chi connectivity index (χ1v) is 11.5. The standard InChI is InChI=1S/C25H31N5O3/c1-4-20-17-22(27-33-20)25(32)30-14-10-19(11-15-30)23(16-18-8-6-5-7-9-18)29(3)24(31)21-12-13-28(2)26-21/h5-9,12-13,17,19,23H,4,10-11,14-16H2,1-3H3. The van der Waals surface area contributed by atoms with Crippen molar-refractivity contribution in [3.05, 3.63) is 71.4 Å². The van der Waals surface area contributed by atoms with Gasteiger partial charge in [0.05, 0.1) is 0 Å². The fraction of sp³-hybridized carbons (Fsp3) is 0.440. The Morgan fingerprint density at radius 2 is 1.88 bits per heavy atom. The van der Waals surface area contributed by atoms with Gasteiger partial charge in [-0.3, -0.25) is 14.3 Å². The van der Waals surface area contributed by atoms with E-state index < -0.39 is 0 Å². The highest BCUT2D eigenvalue weighted by Crippen LogP contribution is 2.28. The molecule has 1 fully saturated rings. The van der Waals surface area contributed by atoms with Crippen LogP contribution >= 0.6 is 0 Å². The number of aryl methyl sites for hydroxylation is 2. The van der Waals surface area contributed by atoms with Crippen LogP contribution in [0.15, 0.2) is 53.2 Å². The number of carbonyl (C=O) groups excluding carboxylic acids is 2. The van der Waals surface area contributed by atoms with Crippen molar-refractivity contribution in [3.8, 4) is 0 Å². The molecule has 0 aliphatic carbocycles. The van der Waals surface area contributed by atoms with Gasteiger partial charge >= 0.3 is 0 Å². The van der Waals surface area contributed by atoms with E-state index >= 15 is 0 Å². The molecule has 4 rings (SSSR count). The molecule has 174 valence electrons. The first kappa shape index (κ1) is 22.8. The van der Waals surface area contributed by atoms with Crippen LogP contribution in [0.5, 0.6) is 0 Å². The number of carbonyl (C=O) groups is 2. The van der Waals surface area contributed by atoms with E-state index in [1.54, 1.807) is 23.0 Å². The molecule has 1 saturated heterocycles.